The Kier molecular flexibility index (Phi) is 5.06. The summed E-state index contributed by atoms with van der Waals surface area (Å²) in [5.41, 5.74) is 1.70. The molecule has 7 heteroatoms. The molecule has 2 aromatic rings. The Balaban J connectivity index is 1.77. The molecule has 136 valence electrons. The van der Waals surface area contributed by atoms with Crippen molar-refractivity contribution in [3.05, 3.63) is 42.1 Å². The summed E-state index contributed by atoms with van der Waals surface area (Å²) in [4.78, 5) is 30.8. The molecule has 0 aliphatic carbocycles. The molecule has 3 rings (SSSR count). The molecule has 2 amide bonds. The van der Waals surface area contributed by atoms with Gasteiger partial charge in [0.05, 0.1) is 25.8 Å². The molecule has 1 aliphatic heterocycles. The molecule has 1 aromatic heterocycles. The van der Waals surface area contributed by atoms with Gasteiger partial charge in [0.15, 0.2) is 11.6 Å². The van der Waals surface area contributed by atoms with Gasteiger partial charge >= 0.3 is 0 Å². The second-order valence-electron chi connectivity index (χ2n) is 6.12. The van der Waals surface area contributed by atoms with Crippen molar-refractivity contribution in [2.45, 2.75) is 13.3 Å². The molecule has 1 N–H and O–H groups in total. The van der Waals surface area contributed by atoms with Crippen LogP contribution in [0.2, 0.25) is 0 Å². The van der Waals surface area contributed by atoms with Gasteiger partial charge in [-0.15, -0.1) is 0 Å². The molecule has 0 bridgehead atoms. The van der Waals surface area contributed by atoms with Crippen LogP contribution >= 0.6 is 0 Å². The lowest BCUT2D eigenvalue weighted by molar-refractivity contribution is -0.122. The first-order valence-corrected chi connectivity index (χ1v) is 8.28. The standard InChI is InChI=1S/C19H21N3O4/c1-12-6-7-15(25-2)14(9-12)22-11-13(10-17(22)23)19(24)21-18-16(26-3)5-4-8-20-18/h4-9,13H,10-11H2,1-3H3,(H,20,21,24). The number of hydrogen-bond donors (Lipinski definition) is 1. The Hall–Kier alpha value is -3.09. The van der Waals surface area contributed by atoms with E-state index in [-0.39, 0.29) is 18.2 Å². The van der Waals surface area contributed by atoms with Crippen LogP contribution in [0.4, 0.5) is 11.5 Å². The molecule has 0 radical (unpaired) electrons. The first-order chi connectivity index (χ1) is 12.5. The van der Waals surface area contributed by atoms with Crippen LogP contribution in [-0.4, -0.2) is 37.6 Å². The lowest BCUT2D eigenvalue weighted by Gasteiger charge is -2.20. The highest BCUT2D eigenvalue weighted by molar-refractivity contribution is 6.04. The predicted octanol–water partition coefficient (Wildman–Crippen LogP) is 2.40. The third-order valence-electron chi connectivity index (χ3n) is 4.35. The van der Waals surface area contributed by atoms with Crippen molar-refractivity contribution in [2.24, 2.45) is 5.92 Å². The molecular weight excluding hydrogens is 334 g/mol. The number of amides is 2. The van der Waals surface area contributed by atoms with Gasteiger partial charge in [-0.25, -0.2) is 4.98 Å². The van der Waals surface area contributed by atoms with Crippen LogP contribution in [0.1, 0.15) is 12.0 Å². The van der Waals surface area contributed by atoms with Crippen LogP contribution in [0.15, 0.2) is 36.5 Å². The number of ether oxygens (including phenoxy) is 2. The molecule has 0 spiro atoms. The number of carbonyl (C=O) groups excluding carboxylic acids is 2. The molecule has 1 fully saturated rings. The first-order valence-electron chi connectivity index (χ1n) is 8.28. The SMILES string of the molecule is COc1ccc(C)cc1N1CC(C(=O)Nc2ncccc2OC)CC1=O. The van der Waals surface area contributed by atoms with E-state index in [1.807, 2.05) is 25.1 Å². The van der Waals surface area contributed by atoms with E-state index >= 15 is 0 Å². The van der Waals surface area contributed by atoms with Gasteiger partial charge in [-0.3, -0.25) is 9.59 Å². The number of benzene rings is 1. The van der Waals surface area contributed by atoms with E-state index in [4.69, 9.17) is 9.47 Å². The van der Waals surface area contributed by atoms with Crippen LogP contribution in [0, 0.1) is 12.8 Å². The number of pyridine rings is 1. The van der Waals surface area contributed by atoms with Gasteiger partial charge in [0.1, 0.15) is 5.75 Å². The van der Waals surface area contributed by atoms with Gasteiger partial charge in [0.2, 0.25) is 11.8 Å². The van der Waals surface area contributed by atoms with E-state index in [0.717, 1.165) is 5.56 Å². The van der Waals surface area contributed by atoms with Crippen molar-refractivity contribution in [1.82, 2.24) is 4.98 Å². The number of rotatable bonds is 5. The molecule has 7 nitrogen and oxygen atoms in total. The van der Waals surface area contributed by atoms with Gasteiger partial charge in [-0.1, -0.05) is 6.07 Å². The molecule has 1 aliphatic rings. The maximum atomic E-state index is 12.6. The number of methoxy groups -OCH3 is 2. The second kappa shape index (κ2) is 7.43. The number of carbonyl (C=O) groups is 2. The molecule has 2 heterocycles. The predicted molar refractivity (Wildman–Crippen MR) is 97.6 cm³/mol. The minimum Gasteiger partial charge on any atom is -0.495 e. The molecule has 1 aromatic carbocycles. The molecule has 0 saturated carbocycles. The van der Waals surface area contributed by atoms with E-state index in [1.54, 1.807) is 30.3 Å². The number of anilines is 2. The van der Waals surface area contributed by atoms with Gasteiger partial charge < -0.3 is 19.7 Å². The monoisotopic (exact) mass is 355 g/mol. The third kappa shape index (κ3) is 3.46. The summed E-state index contributed by atoms with van der Waals surface area (Å²) in [5, 5.41) is 2.75. The minimum absolute atomic E-state index is 0.109. The summed E-state index contributed by atoms with van der Waals surface area (Å²) < 4.78 is 10.6. The van der Waals surface area contributed by atoms with Crippen molar-refractivity contribution in [3.63, 3.8) is 0 Å². The Morgan fingerprint density at radius 3 is 2.73 bits per heavy atom. The van der Waals surface area contributed by atoms with Crippen molar-refractivity contribution in [2.75, 3.05) is 31.0 Å². The van der Waals surface area contributed by atoms with Crippen molar-refractivity contribution in [3.8, 4) is 11.5 Å². The maximum absolute atomic E-state index is 12.6. The fourth-order valence-electron chi connectivity index (χ4n) is 2.99. The normalized spacial score (nSPS) is 16.5. The third-order valence-corrected chi connectivity index (χ3v) is 4.35. The van der Waals surface area contributed by atoms with Crippen molar-refractivity contribution >= 4 is 23.3 Å². The highest BCUT2D eigenvalue weighted by Crippen LogP contribution is 2.34. The summed E-state index contributed by atoms with van der Waals surface area (Å²) >= 11 is 0. The largest absolute Gasteiger partial charge is 0.495 e. The number of hydrogen-bond acceptors (Lipinski definition) is 5. The number of nitrogens with one attached hydrogen (secondary N) is 1. The van der Waals surface area contributed by atoms with E-state index in [2.05, 4.69) is 10.3 Å². The number of nitrogens with zero attached hydrogens (tertiary/aromatic N) is 2. The van der Waals surface area contributed by atoms with Gasteiger partial charge in [0.25, 0.3) is 0 Å². The second-order valence-corrected chi connectivity index (χ2v) is 6.12. The molecule has 1 unspecified atom stereocenters. The van der Waals surface area contributed by atoms with Crippen LogP contribution in [0.3, 0.4) is 0 Å². The minimum atomic E-state index is -0.473. The zero-order chi connectivity index (χ0) is 18.7. The summed E-state index contributed by atoms with van der Waals surface area (Å²) in [6, 6.07) is 9.06. The van der Waals surface area contributed by atoms with E-state index < -0.39 is 5.92 Å². The highest BCUT2D eigenvalue weighted by Gasteiger charge is 2.36. The Morgan fingerprint density at radius 1 is 1.23 bits per heavy atom. The number of aryl methyl sites for hydroxylation is 1. The van der Waals surface area contributed by atoms with Crippen molar-refractivity contribution < 1.29 is 19.1 Å². The van der Waals surface area contributed by atoms with E-state index in [9.17, 15) is 9.59 Å². The van der Waals surface area contributed by atoms with Crippen LogP contribution in [0.5, 0.6) is 11.5 Å². The van der Waals surface area contributed by atoms with Crippen LogP contribution in [0.25, 0.3) is 0 Å². The fourth-order valence-corrected chi connectivity index (χ4v) is 2.99. The smallest absolute Gasteiger partial charge is 0.231 e. The average Bonchev–Trinajstić information content (AvgIpc) is 3.04. The lowest BCUT2D eigenvalue weighted by Crippen LogP contribution is -2.28. The molecule has 1 saturated heterocycles. The zero-order valence-corrected chi connectivity index (χ0v) is 15.0. The molecule has 26 heavy (non-hydrogen) atoms. The van der Waals surface area contributed by atoms with Crippen LogP contribution < -0.4 is 19.7 Å². The van der Waals surface area contributed by atoms with Gasteiger partial charge in [-0.2, -0.15) is 0 Å². The maximum Gasteiger partial charge on any atom is 0.231 e. The van der Waals surface area contributed by atoms with Gasteiger partial charge in [0, 0.05) is 19.2 Å². The zero-order valence-electron chi connectivity index (χ0n) is 15.0. The fraction of sp³-hybridized carbons (Fsp3) is 0.316. The van der Waals surface area contributed by atoms with Crippen molar-refractivity contribution in [1.29, 1.82) is 0 Å². The summed E-state index contributed by atoms with van der Waals surface area (Å²) in [7, 11) is 3.07. The van der Waals surface area contributed by atoms with E-state index in [0.29, 0.717) is 29.5 Å². The quantitative estimate of drug-likeness (QED) is 0.891. The number of aromatic nitrogens is 1. The Morgan fingerprint density at radius 2 is 2.00 bits per heavy atom. The first kappa shape index (κ1) is 17.7. The highest BCUT2D eigenvalue weighted by atomic mass is 16.5. The summed E-state index contributed by atoms with van der Waals surface area (Å²) in [6.45, 7) is 2.24. The lowest BCUT2D eigenvalue weighted by atomic mass is 10.1. The Labute approximate surface area is 151 Å². The molecule has 1 atom stereocenters. The average molecular weight is 355 g/mol. The Bertz CT molecular complexity index is 837. The topological polar surface area (TPSA) is 80.8 Å². The van der Waals surface area contributed by atoms with E-state index in [1.165, 1.54) is 7.11 Å². The molecular formula is C19H21N3O4. The summed E-state index contributed by atoms with van der Waals surface area (Å²) in [6.07, 6.45) is 1.71. The van der Waals surface area contributed by atoms with Crippen LogP contribution in [-0.2, 0) is 9.59 Å². The van der Waals surface area contributed by atoms with Gasteiger partial charge in [-0.05, 0) is 36.8 Å². The summed E-state index contributed by atoms with van der Waals surface area (Å²) in [5.74, 6) is 0.587.